The highest BCUT2D eigenvalue weighted by Crippen LogP contribution is 2.18. The van der Waals surface area contributed by atoms with Crippen molar-refractivity contribution in [1.29, 1.82) is 0 Å². The summed E-state index contributed by atoms with van der Waals surface area (Å²) in [6, 6.07) is 15.3. The summed E-state index contributed by atoms with van der Waals surface area (Å²) >= 11 is 5.59. The minimum Gasteiger partial charge on any atom is -0.494 e. The van der Waals surface area contributed by atoms with Crippen LogP contribution in [-0.2, 0) is 13.1 Å². The molecule has 0 aliphatic carbocycles. The summed E-state index contributed by atoms with van der Waals surface area (Å²) in [4.78, 5) is 1.99. The third-order valence-corrected chi connectivity index (χ3v) is 3.92. The van der Waals surface area contributed by atoms with Gasteiger partial charge in [-0.2, -0.15) is 0 Å². The lowest BCUT2D eigenvalue weighted by molar-refractivity contribution is 0.329. The van der Waals surface area contributed by atoms with Gasteiger partial charge in [-0.1, -0.05) is 0 Å². The number of ether oxygens (including phenoxy) is 1. The van der Waals surface area contributed by atoms with Crippen LogP contribution in [0.3, 0.4) is 0 Å². The Labute approximate surface area is 152 Å². The van der Waals surface area contributed by atoms with Crippen molar-refractivity contribution in [2.45, 2.75) is 20.0 Å². The van der Waals surface area contributed by atoms with Gasteiger partial charge in [0.05, 0.1) is 32.2 Å². The Balaban J connectivity index is 1.69. The summed E-state index contributed by atoms with van der Waals surface area (Å²) in [5.74, 6) is 2.51. The van der Waals surface area contributed by atoms with Gasteiger partial charge in [0.25, 0.3) is 0 Å². The number of hydrogen-bond acceptors (Lipinski definition) is 4. The van der Waals surface area contributed by atoms with Gasteiger partial charge >= 0.3 is 0 Å². The maximum absolute atomic E-state index is 5.59. The fraction of sp³-hybridized carbons (Fsp3) is 0.211. The molecule has 3 aromatic rings. The van der Waals surface area contributed by atoms with Crippen LogP contribution in [0.25, 0.3) is 0 Å². The van der Waals surface area contributed by atoms with Gasteiger partial charge in [0.1, 0.15) is 17.3 Å². The van der Waals surface area contributed by atoms with Crippen LogP contribution in [-0.4, -0.2) is 16.6 Å². The second-order valence-corrected chi connectivity index (χ2v) is 5.79. The molecule has 0 radical (unpaired) electrons. The van der Waals surface area contributed by atoms with Crippen LogP contribution in [0.1, 0.15) is 18.4 Å². The maximum atomic E-state index is 5.59. The molecule has 0 saturated carbocycles. The van der Waals surface area contributed by atoms with Crippen molar-refractivity contribution in [3.63, 3.8) is 0 Å². The Morgan fingerprint density at radius 2 is 1.60 bits per heavy atom. The van der Waals surface area contributed by atoms with Crippen LogP contribution in [0, 0.1) is 0 Å². The normalized spacial score (nSPS) is 10.4. The third-order valence-electron chi connectivity index (χ3n) is 3.56. The molecular weight excluding hydrogens is 336 g/mol. The van der Waals surface area contributed by atoms with Crippen molar-refractivity contribution in [3.05, 3.63) is 72.6 Å². The molecule has 5 nitrogen and oxygen atoms in total. The second-order valence-electron chi connectivity index (χ2n) is 5.40. The maximum Gasteiger partial charge on any atom is 0.174 e. The minimum absolute atomic E-state index is 0.552. The van der Waals surface area contributed by atoms with Crippen molar-refractivity contribution in [3.8, 4) is 5.75 Å². The van der Waals surface area contributed by atoms with Gasteiger partial charge < -0.3 is 23.8 Å². The van der Waals surface area contributed by atoms with Gasteiger partial charge in [0, 0.05) is 5.69 Å². The van der Waals surface area contributed by atoms with E-state index in [4.69, 9.17) is 25.8 Å². The van der Waals surface area contributed by atoms with Crippen LogP contribution >= 0.6 is 12.2 Å². The van der Waals surface area contributed by atoms with Gasteiger partial charge in [-0.05, 0) is 67.7 Å². The number of hydrogen-bond donors (Lipinski definition) is 1. The molecule has 0 saturated heterocycles. The molecule has 2 heterocycles. The molecule has 0 spiro atoms. The Hall–Kier alpha value is -2.73. The van der Waals surface area contributed by atoms with E-state index < -0.39 is 0 Å². The lowest BCUT2D eigenvalue weighted by atomic mass is 10.3. The number of furan rings is 2. The van der Waals surface area contributed by atoms with E-state index in [0.29, 0.717) is 24.8 Å². The van der Waals surface area contributed by atoms with Crippen molar-refractivity contribution in [2.75, 3.05) is 11.9 Å². The zero-order valence-corrected chi connectivity index (χ0v) is 14.8. The van der Waals surface area contributed by atoms with Gasteiger partial charge in [0.2, 0.25) is 0 Å². The summed E-state index contributed by atoms with van der Waals surface area (Å²) < 4.78 is 16.4. The van der Waals surface area contributed by atoms with Crippen molar-refractivity contribution in [1.82, 2.24) is 4.90 Å². The first-order valence-corrected chi connectivity index (χ1v) is 8.49. The Bertz CT molecular complexity index is 731. The average Bonchev–Trinajstić information content (AvgIpc) is 3.30. The molecule has 0 aliphatic rings. The van der Waals surface area contributed by atoms with Crippen molar-refractivity contribution < 1.29 is 13.6 Å². The second kappa shape index (κ2) is 8.39. The first kappa shape index (κ1) is 17.1. The van der Waals surface area contributed by atoms with Crippen LogP contribution in [0.5, 0.6) is 5.75 Å². The Kier molecular flexibility index (Phi) is 5.74. The number of thiocarbonyl (C=S) groups is 1. The largest absolute Gasteiger partial charge is 0.494 e. The fourth-order valence-corrected chi connectivity index (χ4v) is 2.63. The summed E-state index contributed by atoms with van der Waals surface area (Å²) in [6.45, 7) is 3.71. The van der Waals surface area contributed by atoms with Crippen molar-refractivity contribution >= 4 is 23.0 Å². The summed E-state index contributed by atoms with van der Waals surface area (Å²) in [7, 11) is 0. The van der Waals surface area contributed by atoms with E-state index in [1.807, 2.05) is 60.4 Å². The van der Waals surface area contributed by atoms with E-state index >= 15 is 0 Å². The molecule has 1 N–H and O–H groups in total. The molecule has 0 bridgehead atoms. The first-order valence-electron chi connectivity index (χ1n) is 8.08. The van der Waals surface area contributed by atoms with Crippen LogP contribution in [0.15, 0.2) is 69.9 Å². The number of benzene rings is 1. The third kappa shape index (κ3) is 4.87. The predicted octanol–water partition coefficient (Wildman–Crippen LogP) is 4.67. The first-order chi connectivity index (χ1) is 12.2. The lowest BCUT2D eigenvalue weighted by Crippen LogP contribution is -2.33. The van der Waals surface area contributed by atoms with Gasteiger partial charge in [0.15, 0.2) is 5.11 Å². The smallest absolute Gasteiger partial charge is 0.174 e. The van der Waals surface area contributed by atoms with Crippen LogP contribution in [0.2, 0.25) is 0 Å². The van der Waals surface area contributed by atoms with E-state index in [9.17, 15) is 0 Å². The molecule has 1 aromatic carbocycles. The van der Waals surface area contributed by atoms with Crippen LogP contribution < -0.4 is 10.1 Å². The van der Waals surface area contributed by atoms with Gasteiger partial charge in [-0.3, -0.25) is 0 Å². The summed E-state index contributed by atoms with van der Waals surface area (Å²) in [5, 5.41) is 3.85. The quantitative estimate of drug-likeness (QED) is 0.621. The SMILES string of the molecule is CCOc1ccc(NC(=S)N(Cc2ccco2)Cc2ccco2)cc1. The molecule has 130 valence electrons. The number of rotatable bonds is 7. The highest BCUT2D eigenvalue weighted by atomic mass is 32.1. The zero-order chi connectivity index (χ0) is 17.5. The predicted molar refractivity (Wildman–Crippen MR) is 100 cm³/mol. The zero-order valence-electron chi connectivity index (χ0n) is 14.0. The molecule has 6 heteroatoms. The lowest BCUT2D eigenvalue weighted by Gasteiger charge is -2.24. The standard InChI is InChI=1S/C19H20N2O3S/c1-2-22-16-9-7-15(8-10-16)20-19(25)21(13-17-5-3-11-23-17)14-18-6-4-12-24-18/h3-12H,2,13-14H2,1H3,(H,20,25). The highest BCUT2D eigenvalue weighted by Gasteiger charge is 2.14. The highest BCUT2D eigenvalue weighted by molar-refractivity contribution is 7.80. The van der Waals surface area contributed by atoms with Gasteiger partial charge in [-0.25, -0.2) is 0 Å². The Morgan fingerprint density at radius 3 is 2.08 bits per heavy atom. The van der Waals surface area contributed by atoms with E-state index in [0.717, 1.165) is 23.0 Å². The monoisotopic (exact) mass is 356 g/mol. The summed E-state index contributed by atoms with van der Waals surface area (Å²) in [5.41, 5.74) is 0.900. The molecule has 0 fully saturated rings. The molecule has 0 amide bonds. The summed E-state index contributed by atoms with van der Waals surface area (Å²) in [6.07, 6.45) is 3.31. The number of nitrogens with one attached hydrogen (secondary N) is 1. The van der Waals surface area contributed by atoms with Gasteiger partial charge in [-0.15, -0.1) is 0 Å². The molecule has 0 atom stereocenters. The van der Waals surface area contributed by atoms with E-state index in [-0.39, 0.29) is 0 Å². The van der Waals surface area contributed by atoms with Crippen molar-refractivity contribution in [2.24, 2.45) is 0 Å². The van der Waals surface area contributed by atoms with E-state index in [2.05, 4.69) is 5.32 Å². The molecule has 25 heavy (non-hydrogen) atoms. The van der Waals surface area contributed by atoms with Crippen LogP contribution in [0.4, 0.5) is 5.69 Å². The fourth-order valence-electron chi connectivity index (χ4n) is 2.38. The van der Waals surface area contributed by atoms with E-state index in [1.54, 1.807) is 12.5 Å². The molecule has 2 aromatic heterocycles. The number of anilines is 1. The molecule has 0 unspecified atom stereocenters. The molecule has 3 rings (SSSR count). The molecular formula is C19H20N2O3S. The topological polar surface area (TPSA) is 50.8 Å². The minimum atomic E-state index is 0.552. The molecule has 0 aliphatic heterocycles. The Morgan fingerprint density at radius 1 is 1.00 bits per heavy atom. The van der Waals surface area contributed by atoms with E-state index in [1.165, 1.54) is 0 Å². The number of nitrogens with zero attached hydrogens (tertiary/aromatic N) is 1. The average molecular weight is 356 g/mol.